The van der Waals surface area contributed by atoms with Crippen molar-refractivity contribution < 1.29 is 9.50 Å². The van der Waals surface area contributed by atoms with Crippen molar-refractivity contribution in [3.8, 4) is 5.75 Å². The summed E-state index contributed by atoms with van der Waals surface area (Å²) in [6.07, 6.45) is 0. The first-order chi connectivity index (χ1) is 5.34. The number of hydrogen-bond acceptors (Lipinski definition) is 2. The Morgan fingerprint density at radius 3 is 2.73 bits per heavy atom. The lowest BCUT2D eigenvalue weighted by Gasteiger charge is -2.00. The summed E-state index contributed by atoms with van der Waals surface area (Å²) in [5.74, 6) is 0.628. The molecule has 0 spiro atoms. The van der Waals surface area contributed by atoms with Crippen LogP contribution < -0.4 is 0 Å². The van der Waals surface area contributed by atoms with Gasteiger partial charge in [0, 0.05) is 10.6 Å². The second-order valence-electron chi connectivity index (χ2n) is 2.01. The number of benzene rings is 1. The predicted octanol–water partition coefficient (Wildman–Crippen LogP) is 2.45. The smallest absolute Gasteiger partial charge is 0.129 e. The molecule has 1 N–H and O–H groups in total. The van der Waals surface area contributed by atoms with Crippen molar-refractivity contribution in [2.45, 2.75) is 4.90 Å². The van der Waals surface area contributed by atoms with Crippen LogP contribution in [0.2, 0.25) is 0 Å². The molecule has 1 nitrogen and oxygen atoms in total. The topological polar surface area (TPSA) is 20.2 Å². The van der Waals surface area contributed by atoms with Crippen LogP contribution in [0.1, 0.15) is 0 Å². The first-order valence-corrected chi connectivity index (χ1v) is 4.30. The molecule has 0 radical (unpaired) electrons. The molecule has 0 aliphatic rings. The minimum atomic E-state index is -0.362. The van der Waals surface area contributed by atoms with Crippen molar-refractivity contribution >= 4 is 11.8 Å². The molecule has 60 valence electrons. The summed E-state index contributed by atoms with van der Waals surface area (Å²) in [7, 11) is 0. The molecule has 0 bridgehead atoms. The largest absolute Gasteiger partial charge is 0.507 e. The number of halogens is 1. The van der Waals surface area contributed by atoms with E-state index < -0.39 is 0 Å². The van der Waals surface area contributed by atoms with E-state index in [-0.39, 0.29) is 12.4 Å². The second kappa shape index (κ2) is 4.23. The first kappa shape index (κ1) is 8.40. The molecule has 0 amide bonds. The molecule has 0 atom stereocenters. The van der Waals surface area contributed by atoms with E-state index in [2.05, 4.69) is 0 Å². The number of alkyl halides is 1. The number of phenols is 1. The van der Waals surface area contributed by atoms with Crippen molar-refractivity contribution in [3.05, 3.63) is 24.3 Å². The highest BCUT2D eigenvalue weighted by Gasteiger charge is 1.98. The van der Waals surface area contributed by atoms with E-state index in [0.29, 0.717) is 5.75 Å². The van der Waals surface area contributed by atoms with Crippen LogP contribution in [0, 0.1) is 0 Å². The molecule has 3 heteroatoms. The molecule has 0 aliphatic carbocycles. The summed E-state index contributed by atoms with van der Waals surface area (Å²) < 4.78 is 11.7. The molecule has 1 aromatic rings. The number of rotatable bonds is 3. The van der Waals surface area contributed by atoms with Crippen molar-refractivity contribution in [2.24, 2.45) is 0 Å². The summed E-state index contributed by atoms with van der Waals surface area (Å²) in [6.45, 7) is -0.362. The Balaban J connectivity index is 2.62. The van der Waals surface area contributed by atoms with Crippen molar-refractivity contribution in [1.29, 1.82) is 0 Å². The second-order valence-corrected chi connectivity index (χ2v) is 3.14. The fraction of sp³-hybridized carbons (Fsp3) is 0.250. The maximum atomic E-state index is 11.7. The fourth-order valence-corrected chi connectivity index (χ4v) is 1.42. The van der Waals surface area contributed by atoms with Gasteiger partial charge in [0.2, 0.25) is 0 Å². The third kappa shape index (κ3) is 2.42. The molecule has 1 rings (SSSR count). The van der Waals surface area contributed by atoms with Gasteiger partial charge in [0.15, 0.2) is 0 Å². The molecular formula is C8H9FOS. The molecule has 0 saturated carbocycles. The Labute approximate surface area is 69.2 Å². The van der Waals surface area contributed by atoms with Gasteiger partial charge in [-0.2, -0.15) is 0 Å². The van der Waals surface area contributed by atoms with Gasteiger partial charge in [-0.25, -0.2) is 0 Å². The summed E-state index contributed by atoms with van der Waals surface area (Å²) in [5, 5.41) is 9.19. The predicted molar refractivity (Wildman–Crippen MR) is 44.8 cm³/mol. The van der Waals surface area contributed by atoms with Crippen LogP contribution in [-0.2, 0) is 0 Å². The Hall–Kier alpha value is -0.700. The van der Waals surface area contributed by atoms with E-state index in [0.717, 1.165) is 4.90 Å². The van der Waals surface area contributed by atoms with Gasteiger partial charge in [-0.1, -0.05) is 12.1 Å². The SMILES string of the molecule is Oc1ccccc1SCCF. The normalized spacial score (nSPS) is 9.91. The maximum Gasteiger partial charge on any atom is 0.129 e. The third-order valence-electron chi connectivity index (χ3n) is 1.20. The minimum Gasteiger partial charge on any atom is -0.507 e. The highest BCUT2D eigenvalue weighted by Crippen LogP contribution is 2.27. The standard InChI is InChI=1S/C8H9FOS/c9-5-6-11-8-4-2-1-3-7(8)10/h1-4,10H,5-6H2. The lowest BCUT2D eigenvalue weighted by molar-refractivity contribution is 0.462. The lowest BCUT2D eigenvalue weighted by atomic mass is 10.3. The van der Waals surface area contributed by atoms with Crippen molar-refractivity contribution in [1.82, 2.24) is 0 Å². The summed E-state index contributed by atoms with van der Waals surface area (Å²) >= 11 is 1.32. The van der Waals surface area contributed by atoms with Gasteiger partial charge >= 0.3 is 0 Å². The van der Waals surface area contributed by atoms with Crippen LogP contribution in [0.4, 0.5) is 4.39 Å². The quantitative estimate of drug-likeness (QED) is 0.707. The van der Waals surface area contributed by atoms with E-state index in [1.807, 2.05) is 6.07 Å². The van der Waals surface area contributed by atoms with E-state index in [4.69, 9.17) is 0 Å². The molecule has 1 aromatic carbocycles. The lowest BCUT2D eigenvalue weighted by Crippen LogP contribution is -1.80. The van der Waals surface area contributed by atoms with Gasteiger partial charge in [0.25, 0.3) is 0 Å². The number of para-hydroxylation sites is 1. The Morgan fingerprint density at radius 1 is 1.36 bits per heavy atom. The fourth-order valence-electron chi connectivity index (χ4n) is 0.728. The van der Waals surface area contributed by atoms with Crippen molar-refractivity contribution in [2.75, 3.05) is 12.4 Å². The highest BCUT2D eigenvalue weighted by atomic mass is 32.2. The number of hydrogen-bond donors (Lipinski definition) is 1. The maximum absolute atomic E-state index is 11.7. The van der Waals surface area contributed by atoms with E-state index in [1.54, 1.807) is 18.2 Å². The van der Waals surface area contributed by atoms with Gasteiger partial charge in [-0.15, -0.1) is 11.8 Å². The molecule has 0 fully saturated rings. The Bertz CT molecular complexity index is 227. The highest BCUT2D eigenvalue weighted by molar-refractivity contribution is 7.99. The summed E-state index contributed by atoms with van der Waals surface area (Å²) in [5.41, 5.74) is 0. The molecule has 11 heavy (non-hydrogen) atoms. The molecule has 0 saturated heterocycles. The van der Waals surface area contributed by atoms with Crippen LogP contribution in [0.15, 0.2) is 29.2 Å². The van der Waals surface area contributed by atoms with E-state index in [9.17, 15) is 9.50 Å². The van der Waals surface area contributed by atoms with Gasteiger partial charge in [0.05, 0.1) is 6.67 Å². The van der Waals surface area contributed by atoms with Gasteiger partial charge in [-0.3, -0.25) is 4.39 Å². The monoisotopic (exact) mass is 172 g/mol. The number of aromatic hydroxyl groups is 1. The summed E-state index contributed by atoms with van der Waals surface area (Å²) in [6, 6.07) is 6.94. The van der Waals surface area contributed by atoms with Crippen LogP contribution in [0.5, 0.6) is 5.75 Å². The van der Waals surface area contributed by atoms with Gasteiger partial charge < -0.3 is 5.11 Å². The first-order valence-electron chi connectivity index (χ1n) is 3.31. The van der Waals surface area contributed by atoms with E-state index >= 15 is 0 Å². The van der Waals surface area contributed by atoms with E-state index in [1.165, 1.54) is 11.8 Å². The average molecular weight is 172 g/mol. The zero-order valence-electron chi connectivity index (χ0n) is 5.96. The zero-order chi connectivity index (χ0) is 8.10. The Morgan fingerprint density at radius 2 is 2.09 bits per heavy atom. The Kier molecular flexibility index (Phi) is 3.23. The summed E-state index contributed by atoms with van der Waals surface area (Å²) in [4.78, 5) is 0.741. The molecule has 0 heterocycles. The molecule has 0 aliphatic heterocycles. The van der Waals surface area contributed by atoms with Gasteiger partial charge in [-0.05, 0) is 12.1 Å². The van der Waals surface area contributed by atoms with Crippen LogP contribution >= 0.6 is 11.8 Å². The zero-order valence-corrected chi connectivity index (χ0v) is 6.77. The van der Waals surface area contributed by atoms with Crippen LogP contribution in [0.25, 0.3) is 0 Å². The molecule has 0 aromatic heterocycles. The van der Waals surface area contributed by atoms with Crippen LogP contribution in [0.3, 0.4) is 0 Å². The minimum absolute atomic E-state index is 0.228. The number of thioether (sulfide) groups is 1. The third-order valence-corrected chi connectivity index (χ3v) is 2.21. The average Bonchev–Trinajstić information content (AvgIpc) is 2.03. The molecular weight excluding hydrogens is 163 g/mol. The van der Waals surface area contributed by atoms with Crippen molar-refractivity contribution in [3.63, 3.8) is 0 Å². The molecule has 0 unspecified atom stereocenters. The van der Waals surface area contributed by atoms with Gasteiger partial charge in [0.1, 0.15) is 5.75 Å². The van der Waals surface area contributed by atoms with Crippen LogP contribution in [-0.4, -0.2) is 17.5 Å². The number of phenolic OH excluding ortho intramolecular Hbond substituents is 1.